The van der Waals surface area contributed by atoms with E-state index in [-0.39, 0.29) is 49.5 Å². The van der Waals surface area contributed by atoms with E-state index in [0.717, 1.165) is 0 Å². The SMILES string of the molecule is CNC(=O)C[C@@H](N)C(=O)N1CC(Oc2ccc(CCB(O)O)c(O)c2C(=O)O)C1. The number of hydrogen-bond donors (Lipinski definition) is 6. The van der Waals surface area contributed by atoms with Gasteiger partial charge in [-0.2, -0.15) is 0 Å². The van der Waals surface area contributed by atoms with Crippen LogP contribution in [-0.4, -0.2) is 82.3 Å². The van der Waals surface area contributed by atoms with Crippen LogP contribution >= 0.6 is 0 Å². The predicted octanol–water partition coefficient (Wildman–Crippen LogP) is -1.84. The van der Waals surface area contributed by atoms with Gasteiger partial charge in [0, 0.05) is 7.05 Å². The summed E-state index contributed by atoms with van der Waals surface area (Å²) in [7, 11) is -0.133. The molecule has 1 atom stereocenters. The topological polar surface area (TPSA) is 183 Å². The summed E-state index contributed by atoms with van der Waals surface area (Å²) in [4.78, 5) is 36.4. The maximum atomic E-state index is 12.2. The van der Waals surface area contributed by atoms with E-state index in [9.17, 15) is 24.6 Å². The van der Waals surface area contributed by atoms with Crippen molar-refractivity contribution >= 4 is 24.9 Å². The lowest BCUT2D eigenvalue weighted by molar-refractivity contribution is -0.143. The van der Waals surface area contributed by atoms with Gasteiger partial charge in [0.05, 0.1) is 25.6 Å². The van der Waals surface area contributed by atoms with E-state index in [2.05, 4.69) is 5.32 Å². The van der Waals surface area contributed by atoms with Crippen LogP contribution in [0.1, 0.15) is 22.3 Å². The summed E-state index contributed by atoms with van der Waals surface area (Å²) >= 11 is 0. The number of nitrogens with zero attached hydrogens (tertiary/aromatic N) is 1. The van der Waals surface area contributed by atoms with Gasteiger partial charge in [-0.1, -0.05) is 6.07 Å². The van der Waals surface area contributed by atoms with Gasteiger partial charge in [0.2, 0.25) is 11.8 Å². The van der Waals surface area contributed by atoms with Gasteiger partial charge in [-0.15, -0.1) is 0 Å². The van der Waals surface area contributed by atoms with Gasteiger partial charge in [0.1, 0.15) is 23.2 Å². The molecule has 0 radical (unpaired) electrons. The molecule has 1 fully saturated rings. The zero-order valence-corrected chi connectivity index (χ0v) is 15.9. The van der Waals surface area contributed by atoms with Crippen LogP contribution in [-0.2, 0) is 16.0 Å². The number of amides is 2. The van der Waals surface area contributed by atoms with Gasteiger partial charge >= 0.3 is 13.1 Å². The molecule has 0 spiro atoms. The van der Waals surface area contributed by atoms with E-state index >= 15 is 0 Å². The maximum absolute atomic E-state index is 12.2. The van der Waals surface area contributed by atoms with Crippen LogP contribution in [0, 0.1) is 0 Å². The van der Waals surface area contributed by atoms with Crippen molar-refractivity contribution in [3.05, 3.63) is 23.3 Å². The van der Waals surface area contributed by atoms with Gasteiger partial charge in [0.15, 0.2) is 0 Å². The van der Waals surface area contributed by atoms with Crippen LogP contribution in [0.2, 0.25) is 6.32 Å². The monoisotopic (exact) mass is 409 g/mol. The molecular weight excluding hydrogens is 385 g/mol. The number of hydrogen-bond acceptors (Lipinski definition) is 8. The third-order valence-corrected chi connectivity index (χ3v) is 4.56. The van der Waals surface area contributed by atoms with Gasteiger partial charge in [0.25, 0.3) is 0 Å². The number of likely N-dealkylation sites (tertiary alicyclic amines) is 1. The number of carboxylic acid groups (broad SMARTS) is 1. The van der Waals surface area contributed by atoms with Crippen molar-refractivity contribution in [1.82, 2.24) is 10.2 Å². The minimum atomic E-state index is -1.58. The number of rotatable bonds is 9. The number of carbonyl (C=O) groups excluding carboxylic acids is 2. The van der Waals surface area contributed by atoms with Crippen molar-refractivity contribution in [2.75, 3.05) is 20.1 Å². The Morgan fingerprint density at radius 3 is 2.55 bits per heavy atom. The molecule has 7 N–H and O–H groups in total. The first kappa shape index (κ1) is 22.5. The molecule has 1 aliphatic rings. The first-order valence-corrected chi connectivity index (χ1v) is 8.99. The van der Waals surface area contributed by atoms with E-state index in [0.29, 0.717) is 0 Å². The van der Waals surface area contributed by atoms with Gasteiger partial charge in [-0.3, -0.25) is 9.59 Å². The molecule has 0 saturated carbocycles. The van der Waals surface area contributed by atoms with Crippen LogP contribution in [0.4, 0.5) is 0 Å². The summed E-state index contributed by atoms with van der Waals surface area (Å²) in [5, 5.41) is 39.9. The lowest BCUT2D eigenvalue weighted by Crippen LogP contribution is -2.60. The first-order valence-electron chi connectivity index (χ1n) is 8.99. The Morgan fingerprint density at radius 1 is 1.34 bits per heavy atom. The van der Waals surface area contributed by atoms with Crippen molar-refractivity contribution in [2.45, 2.75) is 31.3 Å². The summed E-state index contributed by atoms with van der Waals surface area (Å²) in [6.07, 6.45) is -0.631. The molecule has 0 aromatic heterocycles. The second-order valence-corrected chi connectivity index (χ2v) is 6.74. The molecule has 1 aromatic rings. The molecule has 11 nitrogen and oxygen atoms in total. The maximum Gasteiger partial charge on any atom is 0.451 e. The molecule has 2 amide bonds. The molecule has 158 valence electrons. The Morgan fingerprint density at radius 2 is 2.00 bits per heavy atom. The standard InChI is InChI=1S/C17H24BN3O8/c1-20-13(22)6-11(19)16(24)21-7-10(8-21)29-12-3-2-9(4-5-18(27)28)15(23)14(12)17(25)26/h2-3,10-11,23,27-28H,4-8,19H2,1H3,(H,20,22)(H,25,26)/t11-/m1/s1. The molecule has 1 aromatic carbocycles. The van der Waals surface area contributed by atoms with Gasteiger partial charge < -0.3 is 40.9 Å². The third kappa shape index (κ3) is 5.59. The quantitative estimate of drug-likeness (QED) is 0.255. The van der Waals surface area contributed by atoms with E-state index in [4.69, 9.17) is 20.5 Å². The minimum Gasteiger partial charge on any atom is -0.507 e. The second-order valence-electron chi connectivity index (χ2n) is 6.74. The molecule has 1 aliphatic heterocycles. The zero-order chi connectivity index (χ0) is 21.7. The van der Waals surface area contributed by atoms with E-state index in [1.165, 1.54) is 24.1 Å². The Balaban J connectivity index is 2.01. The zero-order valence-electron chi connectivity index (χ0n) is 15.9. The van der Waals surface area contributed by atoms with Crippen molar-refractivity contribution in [2.24, 2.45) is 5.73 Å². The summed E-state index contributed by atoms with van der Waals surface area (Å²) < 4.78 is 5.61. The van der Waals surface area contributed by atoms with Crippen LogP contribution < -0.4 is 15.8 Å². The molecule has 0 aliphatic carbocycles. The van der Waals surface area contributed by atoms with E-state index < -0.39 is 42.5 Å². The van der Waals surface area contributed by atoms with E-state index in [1.807, 2.05) is 0 Å². The lowest BCUT2D eigenvalue weighted by Gasteiger charge is -2.40. The Hall–Kier alpha value is -2.83. The molecular formula is C17H24BN3O8. The van der Waals surface area contributed by atoms with Crippen molar-refractivity contribution in [3.8, 4) is 11.5 Å². The van der Waals surface area contributed by atoms with Crippen LogP contribution in [0.25, 0.3) is 0 Å². The summed E-state index contributed by atoms with van der Waals surface area (Å²) in [6, 6.07) is 1.85. The summed E-state index contributed by atoms with van der Waals surface area (Å²) in [5.74, 6) is -2.73. The number of ether oxygens (including phenoxy) is 1. The molecule has 1 heterocycles. The number of aryl methyl sites for hydroxylation is 1. The Bertz CT molecular complexity index is 782. The fourth-order valence-electron chi connectivity index (χ4n) is 2.90. The van der Waals surface area contributed by atoms with Crippen molar-refractivity contribution < 1.29 is 39.4 Å². The molecule has 0 bridgehead atoms. The third-order valence-electron chi connectivity index (χ3n) is 4.56. The van der Waals surface area contributed by atoms with Crippen LogP contribution in [0.3, 0.4) is 0 Å². The van der Waals surface area contributed by atoms with Crippen LogP contribution in [0.15, 0.2) is 12.1 Å². The minimum absolute atomic E-state index is 0.0601. The number of benzene rings is 1. The summed E-state index contributed by atoms with van der Waals surface area (Å²) in [5.41, 5.74) is 5.52. The number of nitrogens with two attached hydrogens (primary N) is 1. The second kappa shape index (κ2) is 9.59. The predicted molar refractivity (Wildman–Crippen MR) is 101 cm³/mol. The fraction of sp³-hybridized carbons (Fsp3) is 0.471. The number of carboxylic acids is 1. The Labute approximate surface area is 167 Å². The number of nitrogens with one attached hydrogen (secondary N) is 1. The molecule has 12 heteroatoms. The highest BCUT2D eigenvalue weighted by Crippen LogP contribution is 2.34. The highest BCUT2D eigenvalue weighted by atomic mass is 16.5. The highest BCUT2D eigenvalue weighted by molar-refractivity contribution is 6.41. The highest BCUT2D eigenvalue weighted by Gasteiger charge is 2.36. The molecule has 2 rings (SSSR count). The average molecular weight is 409 g/mol. The van der Waals surface area contributed by atoms with E-state index in [1.54, 1.807) is 0 Å². The lowest BCUT2D eigenvalue weighted by atomic mass is 9.82. The molecule has 1 saturated heterocycles. The number of aromatic carboxylic acids is 1. The first-order chi connectivity index (χ1) is 13.6. The fourth-order valence-corrected chi connectivity index (χ4v) is 2.90. The number of carbonyl (C=O) groups is 3. The molecule has 29 heavy (non-hydrogen) atoms. The van der Waals surface area contributed by atoms with Crippen molar-refractivity contribution in [3.63, 3.8) is 0 Å². The normalized spacial score (nSPS) is 14.7. The number of aromatic hydroxyl groups is 1. The van der Waals surface area contributed by atoms with Crippen molar-refractivity contribution in [1.29, 1.82) is 0 Å². The summed E-state index contributed by atoms with van der Waals surface area (Å²) in [6.45, 7) is 0.330. The molecule has 0 unspecified atom stereocenters. The van der Waals surface area contributed by atoms with Crippen LogP contribution in [0.5, 0.6) is 11.5 Å². The smallest absolute Gasteiger partial charge is 0.451 e. The average Bonchev–Trinajstić information content (AvgIpc) is 2.62. The Kier molecular flexibility index (Phi) is 7.43. The van der Waals surface area contributed by atoms with Gasteiger partial charge in [-0.25, -0.2) is 4.79 Å². The number of phenols is 1. The largest absolute Gasteiger partial charge is 0.507 e. The van der Waals surface area contributed by atoms with Gasteiger partial charge in [-0.05, 0) is 24.4 Å².